The summed E-state index contributed by atoms with van der Waals surface area (Å²) in [7, 11) is -1.81. The van der Waals surface area contributed by atoms with Gasteiger partial charge in [-0.1, -0.05) is 20.8 Å². The molecule has 0 fully saturated rings. The number of hydrogen-bond acceptors (Lipinski definition) is 5. The zero-order chi connectivity index (χ0) is 17.2. The Bertz CT molecular complexity index is 346. The molecule has 0 aliphatic rings. The van der Waals surface area contributed by atoms with Gasteiger partial charge in [0.1, 0.15) is 6.61 Å². The number of hydrogen-bond donors (Lipinski definition) is 0. The fourth-order valence-electron chi connectivity index (χ4n) is 2.56. The average molecular weight is 333 g/mol. The lowest BCUT2D eigenvalue weighted by Crippen LogP contribution is -2.48. The van der Waals surface area contributed by atoms with E-state index in [1.165, 1.54) is 13.8 Å². The summed E-state index contributed by atoms with van der Waals surface area (Å²) < 4.78 is 16.7. The van der Waals surface area contributed by atoms with E-state index in [9.17, 15) is 9.59 Å². The van der Waals surface area contributed by atoms with Gasteiger partial charge in [-0.3, -0.25) is 9.59 Å². The van der Waals surface area contributed by atoms with Gasteiger partial charge >= 0.3 is 11.9 Å². The van der Waals surface area contributed by atoms with Gasteiger partial charge in [0.05, 0.1) is 12.2 Å². The number of carbonyl (C=O) groups excluding carboxylic acids is 2. The maximum atomic E-state index is 11.1. The Balaban J connectivity index is 4.83. The standard InChI is InChI=1S/C16H32O5Si/c1-7-22(8-2,9-3)21-16(6,13-20-15(5)18)11-10-12-19-14(4)17/h7-13H2,1-6H3. The van der Waals surface area contributed by atoms with Gasteiger partial charge in [-0.2, -0.15) is 0 Å². The summed E-state index contributed by atoms with van der Waals surface area (Å²) in [4.78, 5) is 22.0. The third-order valence-electron chi connectivity index (χ3n) is 4.13. The van der Waals surface area contributed by atoms with E-state index in [0.717, 1.165) is 18.1 Å². The molecule has 6 heteroatoms. The molecule has 0 saturated heterocycles. The van der Waals surface area contributed by atoms with Gasteiger partial charge in [-0.25, -0.2) is 0 Å². The van der Waals surface area contributed by atoms with Gasteiger partial charge in [0.25, 0.3) is 0 Å². The molecule has 0 saturated carbocycles. The topological polar surface area (TPSA) is 61.8 Å². The molecule has 0 aliphatic heterocycles. The summed E-state index contributed by atoms with van der Waals surface area (Å²) in [6.45, 7) is 11.9. The van der Waals surface area contributed by atoms with Crippen molar-refractivity contribution in [3.05, 3.63) is 0 Å². The van der Waals surface area contributed by atoms with Crippen molar-refractivity contribution in [3.8, 4) is 0 Å². The molecule has 1 atom stereocenters. The first kappa shape index (κ1) is 21.1. The average Bonchev–Trinajstić information content (AvgIpc) is 2.48. The lowest BCUT2D eigenvalue weighted by atomic mass is 10.0. The van der Waals surface area contributed by atoms with Crippen molar-refractivity contribution in [1.29, 1.82) is 0 Å². The van der Waals surface area contributed by atoms with Crippen LogP contribution in [0.5, 0.6) is 0 Å². The lowest BCUT2D eigenvalue weighted by molar-refractivity contribution is -0.147. The van der Waals surface area contributed by atoms with Crippen molar-refractivity contribution in [2.45, 2.75) is 78.1 Å². The van der Waals surface area contributed by atoms with E-state index in [0.29, 0.717) is 19.4 Å². The van der Waals surface area contributed by atoms with Crippen LogP contribution in [0, 0.1) is 0 Å². The molecule has 0 radical (unpaired) electrons. The maximum Gasteiger partial charge on any atom is 0.302 e. The van der Waals surface area contributed by atoms with Crippen LogP contribution in [0.4, 0.5) is 0 Å². The van der Waals surface area contributed by atoms with Crippen molar-refractivity contribution in [2.24, 2.45) is 0 Å². The zero-order valence-electron chi connectivity index (χ0n) is 15.0. The van der Waals surface area contributed by atoms with Crippen molar-refractivity contribution < 1.29 is 23.5 Å². The summed E-state index contributed by atoms with van der Waals surface area (Å²) >= 11 is 0. The fourth-order valence-corrected chi connectivity index (χ4v) is 5.70. The Morgan fingerprint density at radius 1 is 0.955 bits per heavy atom. The highest BCUT2D eigenvalue weighted by Crippen LogP contribution is 2.31. The van der Waals surface area contributed by atoms with Gasteiger partial charge in [0.2, 0.25) is 0 Å². The highest BCUT2D eigenvalue weighted by Gasteiger charge is 2.38. The Hall–Kier alpha value is -0.883. The number of ether oxygens (including phenoxy) is 2. The molecule has 0 aliphatic carbocycles. The van der Waals surface area contributed by atoms with E-state index in [4.69, 9.17) is 13.9 Å². The molecule has 0 N–H and O–H groups in total. The van der Waals surface area contributed by atoms with Crippen LogP contribution >= 0.6 is 0 Å². The molecule has 1 unspecified atom stereocenters. The van der Waals surface area contributed by atoms with Crippen LogP contribution in [0.15, 0.2) is 0 Å². The van der Waals surface area contributed by atoms with E-state index >= 15 is 0 Å². The molecule has 130 valence electrons. The molecule has 0 spiro atoms. The molecule has 0 aromatic carbocycles. The molecular weight excluding hydrogens is 300 g/mol. The summed E-state index contributed by atoms with van der Waals surface area (Å²) in [5, 5.41) is 0. The number of esters is 2. The second-order valence-electron chi connectivity index (χ2n) is 6.02. The minimum absolute atomic E-state index is 0.247. The summed E-state index contributed by atoms with van der Waals surface area (Å²) in [6.07, 6.45) is 1.39. The van der Waals surface area contributed by atoms with Crippen molar-refractivity contribution in [2.75, 3.05) is 13.2 Å². The number of carbonyl (C=O) groups is 2. The smallest absolute Gasteiger partial charge is 0.302 e. The molecule has 0 aromatic heterocycles. The molecule has 0 heterocycles. The van der Waals surface area contributed by atoms with Gasteiger partial charge < -0.3 is 13.9 Å². The van der Waals surface area contributed by atoms with Crippen LogP contribution in [0.25, 0.3) is 0 Å². The molecule has 0 bridgehead atoms. The van der Waals surface area contributed by atoms with Crippen LogP contribution in [-0.2, 0) is 23.5 Å². The zero-order valence-corrected chi connectivity index (χ0v) is 16.0. The molecule has 0 aromatic rings. The summed E-state index contributed by atoms with van der Waals surface area (Å²) in [5.74, 6) is -0.575. The Morgan fingerprint density at radius 3 is 1.86 bits per heavy atom. The minimum Gasteiger partial charge on any atom is -0.466 e. The van der Waals surface area contributed by atoms with Gasteiger partial charge in [-0.15, -0.1) is 0 Å². The van der Waals surface area contributed by atoms with E-state index < -0.39 is 13.9 Å². The lowest BCUT2D eigenvalue weighted by Gasteiger charge is -2.40. The van der Waals surface area contributed by atoms with Gasteiger partial charge in [0.15, 0.2) is 8.32 Å². The van der Waals surface area contributed by atoms with Gasteiger partial charge in [0, 0.05) is 13.8 Å². The van der Waals surface area contributed by atoms with E-state index in [1.54, 1.807) is 0 Å². The first-order chi connectivity index (χ1) is 10.2. The Morgan fingerprint density at radius 2 is 1.45 bits per heavy atom. The van der Waals surface area contributed by atoms with E-state index in [2.05, 4.69) is 20.8 Å². The van der Waals surface area contributed by atoms with Crippen molar-refractivity contribution in [1.82, 2.24) is 0 Å². The second-order valence-corrected chi connectivity index (χ2v) is 10.7. The van der Waals surface area contributed by atoms with Crippen molar-refractivity contribution in [3.63, 3.8) is 0 Å². The van der Waals surface area contributed by atoms with Crippen LogP contribution < -0.4 is 0 Å². The molecule has 22 heavy (non-hydrogen) atoms. The maximum absolute atomic E-state index is 11.1. The first-order valence-corrected chi connectivity index (χ1v) is 10.7. The molecule has 0 amide bonds. The normalized spacial score (nSPS) is 14.3. The molecule has 5 nitrogen and oxygen atoms in total. The highest BCUT2D eigenvalue weighted by molar-refractivity contribution is 6.73. The second kappa shape index (κ2) is 10.00. The number of rotatable bonds is 11. The quantitative estimate of drug-likeness (QED) is 0.328. The SMILES string of the molecule is CC[Si](CC)(CC)OC(C)(CCCOC(C)=O)COC(C)=O. The first-order valence-electron chi connectivity index (χ1n) is 8.19. The van der Waals surface area contributed by atoms with E-state index in [1.807, 2.05) is 6.92 Å². The van der Waals surface area contributed by atoms with Gasteiger partial charge in [-0.05, 0) is 37.9 Å². The predicted molar refractivity (Wildman–Crippen MR) is 89.2 cm³/mol. The van der Waals surface area contributed by atoms with E-state index in [-0.39, 0.29) is 18.5 Å². The monoisotopic (exact) mass is 332 g/mol. The van der Waals surface area contributed by atoms with Crippen LogP contribution in [0.2, 0.25) is 18.1 Å². The Kier molecular flexibility index (Phi) is 9.60. The fraction of sp³-hybridized carbons (Fsp3) is 0.875. The largest absolute Gasteiger partial charge is 0.466 e. The molecular formula is C16H32O5Si. The van der Waals surface area contributed by atoms with Crippen LogP contribution in [-0.4, -0.2) is 39.1 Å². The predicted octanol–water partition coefficient (Wildman–Crippen LogP) is 3.67. The summed E-state index contributed by atoms with van der Waals surface area (Å²) in [6, 6.07) is 3.12. The van der Waals surface area contributed by atoms with Crippen LogP contribution in [0.3, 0.4) is 0 Å². The third-order valence-corrected chi connectivity index (χ3v) is 8.92. The third kappa shape index (κ3) is 7.94. The minimum atomic E-state index is -1.81. The van der Waals surface area contributed by atoms with Crippen LogP contribution in [0.1, 0.15) is 54.4 Å². The Labute approximate surface area is 135 Å². The van der Waals surface area contributed by atoms with Crippen molar-refractivity contribution >= 4 is 20.3 Å². The molecule has 0 rings (SSSR count). The highest BCUT2D eigenvalue weighted by atomic mass is 28.4. The summed E-state index contributed by atoms with van der Waals surface area (Å²) in [5.41, 5.74) is -0.514.